The number of hydrogen-bond donors (Lipinski definition) is 2. The first-order valence-electron chi connectivity index (χ1n) is 8.35. The Kier molecular flexibility index (Phi) is 6.44. The maximum atomic E-state index is 12.3. The second-order valence-corrected chi connectivity index (χ2v) is 8.52. The molecule has 0 bridgehead atoms. The number of anilines is 1. The number of carbonyl (C=O) groups is 1. The van der Waals surface area contributed by atoms with Gasteiger partial charge in [-0.15, -0.1) is 0 Å². The summed E-state index contributed by atoms with van der Waals surface area (Å²) in [6.45, 7) is 0. The first-order chi connectivity index (χ1) is 13.7. The third-order valence-corrected chi connectivity index (χ3v) is 5.29. The fraction of sp³-hybridized carbons (Fsp3) is 0.0500. The summed E-state index contributed by atoms with van der Waals surface area (Å²) in [4.78, 5) is 12.0. The minimum absolute atomic E-state index is 0.0329. The number of nitrogens with two attached hydrogens (primary N) is 1. The van der Waals surface area contributed by atoms with Gasteiger partial charge in [0, 0.05) is 15.7 Å². The Hall–Kier alpha value is -2.58. The number of nitrogens with one attached hydrogen (secondary N) is 1. The zero-order valence-electron chi connectivity index (χ0n) is 14.9. The maximum absolute atomic E-state index is 12.3. The van der Waals surface area contributed by atoms with Crippen LogP contribution in [-0.2, 0) is 21.2 Å². The van der Waals surface area contributed by atoms with Gasteiger partial charge in [-0.25, -0.2) is 13.6 Å². The summed E-state index contributed by atoms with van der Waals surface area (Å²) in [5, 5.41) is 9.06. The quantitative estimate of drug-likeness (QED) is 0.572. The Morgan fingerprint density at radius 2 is 1.52 bits per heavy atom. The Labute approximate surface area is 178 Å². The zero-order valence-corrected chi connectivity index (χ0v) is 17.3. The van der Waals surface area contributed by atoms with Gasteiger partial charge in [-0.1, -0.05) is 35.3 Å². The van der Waals surface area contributed by atoms with Crippen LogP contribution in [0, 0.1) is 0 Å². The highest BCUT2D eigenvalue weighted by atomic mass is 35.5. The van der Waals surface area contributed by atoms with Gasteiger partial charge in [0.1, 0.15) is 16.4 Å². The average Bonchev–Trinajstić information content (AvgIpc) is 2.66. The summed E-state index contributed by atoms with van der Waals surface area (Å²) in [6.07, 6.45) is 0.102. The number of benzene rings is 3. The average molecular weight is 451 g/mol. The minimum atomic E-state index is -4.10. The molecule has 0 spiro atoms. The number of ether oxygens (including phenoxy) is 1. The Morgan fingerprint density at radius 1 is 0.931 bits per heavy atom. The monoisotopic (exact) mass is 450 g/mol. The lowest BCUT2D eigenvalue weighted by atomic mass is 10.1. The molecule has 1 amide bonds. The van der Waals surface area contributed by atoms with Crippen LogP contribution in [0.5, 0.6) is 11.5 Å². The summed E-state index contributed by atoms with van der Waals surface area (Å²) in [7, 11) is -4.10. The van der Waals surface area contributed by atoms with Crippen molar-refractivity contribution in [3.63, 3.8) is 0 Å². The van der Waals surface area contributed by atoms with Crippen LogP contribution in [0.2, 0.25) is 10.0 Å². The van der Waals surface area contributed by atoms with Gasteiger partial charge in [0.2, 0.25) is 15.9 Å². The lowest BCUT2D eigenvalue weighted by Crippen LogP contribution is -2.17. The zero-order chi connectivity index (χ0) is 21.0. The topological polar surface area (TPSA) is 98.5 Å². The number of carbonyl (C=O) groups excluding carboxylic acids is 1. The number of amides is 1. The summed E-state index contributed by atoms with van der Waals surface area (Å²) in [5.41, 5.74) is 1.04. The second-order valence-electron chi connectivity index (χ2n) is 6.11. The van der Waals surface area contributed by atoms with E-state index in [1.165, 1.54) is 18.2 Å². The molecule has 0 radical (unpaired) electrons. The van der Waals surface area contributed by atoms with Gasteiger partial charge in [0.15, 0.2) is 0 Å². The molecule has 0 aliphatic heterocycles. The molecule has 3 aromatic carbocycles. The van der Waals surface area contributed by atoms with Crippen molar-refractivity contribution in [3.05, 3.63) is 82.3 Å². The molecule has 3 aromatic rings. The molecule has 9 heteroatoms. The van der Waals surface area contributed by atoms with Crippen LogP contribution >= 0.6 is 23.2 Å². The number of halogens is 2. The molecule has 0 aliphatic carbocycles. The Bertz CT molecular complexity index is 1130. The van der Waals surface area contributed by atoms with Crippen LogP contribution in [0.1, 0.15) is 5.56 Å². The number of primary sulfonamides is 1. The van der Waals surface area contributed by atoms with Crippen molar-refractivity contribution in [2.75, 3.05) is 5.32 Å². The molecule has 0 unspecified atom stereocenters. The van der Waals surface area contributed by atoms with Crippen LogP contribution in [0.3, 0.4) is 0 Å². The highest BCUT2D eigenvalue weighted by Gasteiger charge is 2.18. The highest BCUT2D eigenvalue weighted by Crippen LogP contribution is 2.31. The van der Waals surface area contributed by atoms with Gasteiger partial charge >= 0.3 is 0 Å². The molecule has 3 N–H and O–H groups in total. The van der Waals surface area contributed by atoms with E-state index in [0.29, 0.717) is 15.8 Å². The number of sulfonamides is 1. The largest absolute Gasteiger partial charge is 0.456 e. The number of hydrogen-bond acceptors (Lipinski definition) is 4. The molecule has 29 heavy (non-hydrogen) atoms. The van der Waals surface area contributed by atoms with Gasteiger partial charge < -0.3 is 10.1 Å². The van der Waals surface area contributed by atoms with E-state index in [0.717, 1.165) is 5.56 Å². The lowest BCUT2D eigenvalue weighted by Gasteiger charge is -2.12. The molecule has 0 aromatic heterocycles. The molecule has 0 fully saturated rings. The standard InChI is InChI=1S/C20H16Cl2N2O4S/c21-14-3-1-13(2-4-14)11-20(25)24-16-7-10-18(19(12-16)29(23,26)27)28-17-8-5-15(22)6-9-17/h1-10,12H,11H2,(H,24,25)(H2,23,26,27). The Balaban J connectivity index is 1.80. The molecule has 0 aliphatic rings. The van der Waals surface area contributed by atoms with Crippen molar-refractivity contribution in [1.29, 1.82) is 0 Å². The smallest absolute Gasteiger partial charge is 0.241 e. The molecule has 150 valence electrons. The van der Waals surface area contributed by atoms with Crippen LogP contribution in [0.4, 0.5) is 5.69 Å². The van der Waals surface area contributed by atoms with E-state index in [-0.39, 0.29) is 28.7 Å². The van der Waals surface area contributed by atoms with Crippen molar-refractivity contribution < 1.29 is 17.9 Å². The van der Waals surface area contributed by atoms with E-state index in [9.17, 15) is 13.2 Å². The molecule has 3 rings (SSSR count). The van der Waals surface area contributed by atoms with Gasteiger partial charge in [-0.05, 0) is 60.2 Å². The van der Waals surface area contributed by atoms with Crippen molar-refractivity contribution in [3.8, 4) is 11.5 Å². The van der Waals surface area contributed by atoms with E-state index >= 15 is 0 Å². The van der Waals surface area contributed by atoms with Crippen molar-refractivity contribution in [1.82, 2.24) is 0 Å². The van der Waals surface area contributed by atoms with E-state index in [4.69, 9.17) is 33.1 Å². The fourth-order valence-corrected chi connectivity index (χ4v) is 3.45. The van der Waals surface area contributed by atoms with Crippen molar-refractivity contribution in [2.24, 2.45) is 5.14 Å². The van der Waals surface area contributed by atoms with E-state index in [1.54, 1.807) is 48.5 Å². The normalized spacial score (nSPS) is 11.1. The number of rotatable bonds is 6. The SMILES string of the molecule is NS(=O)(=O)c1cc(NC(=O)Cc2ccc(Cl)cc2)ccc1Oc1ccc(Cl)cc1. The molecule has 6 nitrogen and oxygen atoms in total. The van der Waals surface area contributed by atoms with Crippen molar-refractivity contribution in [2.45, 2.75) is 11.3 Å². The van der Waals surface area contributed by atoms with Crippen LogP contribution < -0.4 is 15.2 Å². The molecule has 0 saturated carbocycles. The summed E-state index contributed by atoms with van der Waals surface area (Å²) in [5.74, 6) is 0.100. The predicted molar refractivity (Wildman–Crippen MR) is 113 cm³/mol. The van der Waals surface area contributed by atoms with Gasteiger partial charge in [-0.2, -0.15) is 0 Å². The third-order valence-electron chi connectivity index (χ3n) is 3.85. The molecule has 0 heterocycles. The molecule has 0 atom stereocenters. The van der Waals surface area contributed by atoms with Crippen LogP contribution in [0.25, 0.3) is 0 Å². The minimum Gasteiger partial charge on any atom is -0.456 e. The fourth-order valence-electron chi connectivity index (χ4n) is 2.51. The second kappa shape index (κ2) is 8.84. The van der Waals surface area contributed by atoms with Gasteiger partial charge in [0.05, 0.1) is 6.42 Å². The predicted octanol–water partition coefficient (Wildman–Crippen LogP) is 4.61. The summed E-state index contributed by atoms with van der Waals surface area (Å²) < 4.78 is 29.6. The Morgan fingerprint density at radius 3 is 2.10 bits per heavy atom. The highest BCUT2D eigenvalue weighted by molar-refractivity contribution is 7.89. The third kappa shape index (κ3) is 5.95. The first-order valence-corrected chi connectivity index (χ1v) is 10.7. The summed E-state index contributed by atoms with van der Waals surface area (Å²) in [6, 6.07) is 17.5. The van der Waals surface area contributed by atoms with E-state index in [2.05, 4.69) is 5.32 Å². The molecular formula is C20H16Cl2N2O4S. The van der Waals surface area contributed by atoms with Gasteiger partial charge in [0.25, 0.3) is 0 Å². The van der Waals surface area contributed by atoms with Gasteiger partial charge in [-0.3, -0.25) is 4.79 Å². The van der Waals surface area contributed by atoms with Crippen LogP contribution in [-0.4, -0.2) is 14.3 Å². The maximum Gasteiger partial charge on any atom is 0.241 e. The molecule has 0 saturated heterocycles. The molecular weight excluding hydrogens is 435 g/mol. The van der Waals surface area contributed by atoms with E-state index in [1.807, 2.05) is 0 Å². The first kappa shape index (κ1) is 21.1. The van der Waals surface area contributed by atoms with E-state index < -0.39 is 10.0 Å². The van der Waals surface area contributed by atoms with Crippen molar-refractivity contribution >= 4 is 44.8 Å². The lowest BCUT2D eigenvalue weighted by molar-refractivity contribution is -0.115. The van der Waals surface area contributed by atoms with Crippen LogP contribution in [0.15, 0.2) is 71.6 Å². The summed E-state index contributed by atoms with van der Waals surface area (Å²) >= 11 is 11.7.